The van der Waals surface area contributed by atoms with Crippen molar-refractivity contribution in [3.05, 3.63) is 53.6 Å². The number of carbonyl (C=O) groups is 1. The predicted octanol–water partition coefficient (Wildman–Crippen LogP) is 4.39. The normalized spacial score (nSPS) is 20.2. The molecule has 2 aromatic rings. The minimum absolute atomic E-state index is 0.0449. The minimum atomic E-state index is -3.80. The van der Waals surface area contributed by atoms with Gasteiger partial charge in [-0.3, -0.25) is 9.52 Å². The van der Waals surface area contributed by atoms with Gasteiger partial charge in [-0.1, -0.05) is 6.07 Å². The summed E-state index contributed by atoms with van der Waals surface area (Å²) in [5, 5.41) is 0. The molecule has 2 spiro atoms. The Kier molecular flexibility index (Phi) is 6.05. The second-order valence-electron chi connectivity index (χ2n) is 12.2. The second kappa shape index (κ2) is 8.54. The van der Waals surface area contributed by atoms with Gasteiger partial charge in [0.2, 0.25) is 20.0 Å². The van der Waals surface area contributed by atoms with E-state index >= 15 is 0 Å². The molecule has 1 aliphatic heterocycles. The van der Waals surface area contributed by atoms with Crippen LogP contribution in [0.3, 0.4) is 0 Å². The molecule has 2 N–H and O–H groups in total. The molecule has 10 heteroatoms. The van der Waals surface area contributed by atoms with Gasteiger partial charge in [-0.15, -0.1) is 0 Å². The zero-order valence-electron chi connectivity index (χ0n) is 21.8. The molecule has 1 amide bonds. The van der Waals surface area contributed by atoms with Crippen molar-refractivity contribution in [3.8, 4) is 0 Å². The Hall–Kier alpha value is -2.43. The smallest absolute Gasteiger partial charge is 0.258 e. The van der Waals surface area contributed by atoms with E-state index in [1.165, 1.54) is 25.0 Å². The van der Waals surface area contributed by atoms with Crippen LogP contribution in [-0.4, -0.2) is 41.1 Å². The van der Waals surface area contributed by atoms with E-state index < -0.39 is 25.6 Å². The number of amides is 1. The van der Waals surface area contributed by atoms with Gasteiger partial charge in [-0.2, -0.15) is 0 Å². The van der Waals surface area contributed by atoms with Gasteiger partial charge < -0.3 is 4.90 Å². The Morgan fingerprint density at radius 2 is 1.57 bits per heavy atom. The van der Waals surface area contributed by atoms with E-state index in [1.807, 2.05) is 6.07 Å². The summed E-state index contributed by atoms with van der Waals surface area (Å²) >= 11 is 0. The average Bonchev–Trinajstić information content (AvgIpc) is 3.48. The SMILES string of the molecule is CC(C)(C)NS(=O)(=O)c1cccc(C(=O)N2CC3(CCC4(CC4)CC3)c3cc(NS(C)(=O)=O)ccc32)c1. The molecule has 2 aliphatic carbocycles. The summed E-state index contributed by atoms with van der Waals surface area (Å²) < 4.78 is 54.8. The summed E-state index contributed by atoms with van der Waals surface area (Å²) in [6.45, 7) is 5.80. The molecule has 0 aromatic heterocycles. The summed E-state index contributed by atoms with van der Waals surface area (Å²) in [6.07, 6.45) is 7.73. The standard InChI is InChI=1S/C27H35N3O5S2/c1-25(2,3)29-37(34,35)21-7-5-6-19(16-21)24(31)30-18-27(14-12-26(10-11-26)13-15-27)22-17-20(8-9-23(22)30)28-36(4,32)33/h5-9,16-17,28-29H,10-15,18H2,1-4H3. The first-order valence-electron chi connectivity index (χ1n) is 12.7. The third-order valence-electron chi connectivity index (χ3n) is 7.92. The average molecular weight is 546 g/mol. The lowest BCUT2D eigenvalue weighted by molar-refractivity contribution is 0.0980. The molecule has 37 heavy (non-hydrogen) atoms. The van der Waals surface area contributed by atoms with Crippen molar-refractivity contribution in [2.45, 2.75) is 75.1 Å². The maximum Gasteiger partial charge on any atom is 0.258 e. The number of hydrogen-bond donors (Lipinski definition) is 2. The lowest BCUT2D eigenvalue weighted by Crippen LogP contribution is -2.41. The molecular formula is C27H35N3O5S2. The molecule has 0 bridgehead atoms. The van der Waals surface area contributed by atoms with Gasteiger partial charge in [0.05, 0.1) is 11.2 Å². The minimum Gasteiger partial charge on any atom is -0.307 e. The van der Waals surface area contributed by atoms with Gasteiger partial charge in [0, 0.05) is 34.4 Å². The van der Waals surface area contributed by atoms with Crippen LogP contribution in [0.2, 0.25) is 0 Å². The topological polar surface area (TPSA) is 113 Å². The fourth-order valence-electron chi connectivity index (χ4n) is 5.91. The van der Waals surface area contributed by atoms with Gasteiger partial charge in [0.25, 0.3) is 5.91 Å². The molecule has 0 radical (unpaired) electrons. The van der Waals surface area contributed by atoms with Crippen molar-refractivity contribution in [1.82, 2.24) is 4.72 Å². The third kappa shape index (κ3) is 5.28. The summed E-state index contributed by atoms with van der Waals surface area (Å²) in [5.41, 5.74) is 2.09. The van der Waals surface area contributed by atoms with Crippen LogP contribution in [0.1, 0.15) is 75.2 Å². The van der Waals surface area contributed by atoms with Crippen LogP contribution in [0.4, 0.5) is 11.4 Å². The molecule has 3 aliphatic rings. The Morgan fingerprint density at radius 1 is 0.919 bits per heavy atom. The fraction of sp³-hybridized carbons (Fsp3) is 0.519. The molecule has 200 valence electrons. The largest absolute Gasteiger partial charge is 0.307 e. The zero-order chi connectivity index (χ0) is 26.9. The summed E-state index contributed by atoms with van der Waals surface area (Å²) in [5.74, 6) is -0.263. The number of sulfonamides is 2. The van der Waals surface area contributed by atoms with E-state index in [9.17, 15) is 21.6 Å². The lowest BCUT2D eigenvalue weighted by Gasteiger charge is -2.38. The van der Waals surface area contributed by atoms with Crippen molar-refractivity contribution >= 4 is 37.3 Å². The van der Waals surface area contributed by atoms with Gasteiger partial charge in [0.1, 0.15) is 0 Å². The van der Waals surface area contributed by atoms with E-state index in [0.29, 0.717) is 23.2 Å². The van der Waals surface area contributed by atoms with Crippen molar-refractivity contribution in [2.24, 2.45) is 5.41 Å². The molecule has 2 saturated carbocycles. The molecule has 1 heterocycles. The van der Waals surface area contributed by atoms with Gasteiger partial charge in [0.15, 0.2) is 0 Å². The first-order chi connectivity index (χ1) is 17.1. The maximum atomic E-state index is 13.9. The van der Waals surface area contributed by atoms with Gasteiger partial charge in [-0.05, 0) is 107 Å². The van der Waals surface area contributed by atoms with E-state index in [0.717, 1.165) is 43.2 Å². The van der Waals surface area contributed by atoms with Gasteiger partial charge in [-0.25, -0.2) is 21.6 Å². The first-order valence-corrected chi connectivity index (χ1v) is 16.1. The van der Waals surface area contributed by atoms with Crippen molar-refractivity contribution in [1.29, 1.82) is 0 Å². The highest BCUT2D eigenvalue weighted by atomic mass is 32.2. The zero-order valence-corrected chi connectivity index (χ0v) is 23.4. The summed E-state index contributed by atoms with van der Waals surface area (Å²) in [7, 11) is -7.24. The van der Waals surface area contributed by atoms with Crippen LogP contribution in [-0.2, 0) is 25.5 Å². The molecule has 8 nitrogen and oxygen atoms in total. The maximum absolute atomic E-state index is 13.9. The first kappa shape index (κ1) is 26.2. The number of hydrogen-bond acceptors (Lipinski definition) is 5. The van der Waals surface area contributed by atoms with E-state index in [1.54, 1.807) is 49.9 Å². The molecular weight excluding hydrogens is 510 g/mol. The van der Waals surface area contributed by atoms with E-state index in [2.05, 4.69) is 9.44 Å². The van der Waals surface area contributed by atoms with Crippen molar-refractivity contribution in [2.75, 3.05) is 22.4 Å². The highest BCUT2D eigenvalue weighted by Gasteiger charge is 2.53. The van der Waals surface area contributed by atoms with Crippen LogP contribution in [0.25, 0.3) is 0 Å². The molecule has 5 rings (SSSR count). The van der Waals surface area contributed by atoms with Crippen LogP contribution in [0.15, 0.2) is 47.4 Å². The number of nitrogens with zero attached hydrogens (tertiary/aromatic N) is 1. The van der Waals surface area contributed by atoms with Crippen molar-refractivity contribution < 1.29 is 21.6 Å². The highest BCUT2D eigenvalue weighted by molar-refractivity contribution is 7.92. The van der Waals surface area contributed by atoms with E-state index in [4.69, 9.17) is 0 Å². The van der Waals surface area contributed by atoms with Crippen LogP contribution in [0.5, 0.6) is 0 Å². The number of carbonyl (C=O) groups excluding carboxylic acids is 1. The van der Waals surface area contributed by atoms with E-state index in [-0.39, 0.29) is 16.2 Å². The predicted molar refractivity (Wildman–Crippen MR) is 145 cm³/mol. The summed E-state index contributed by atoms with van der Waals surface area (Å²) in [6, 6.07) is 11.5. The van der Waals surface area contributed by atoms with Crippen molar-refractivity contribution in [3.63, 3.8) is 0 Å². The number of rotatable bonds is 5. The van der Waals surface area contributed by atoms with Crippen LogP contribution in [0, 0.1) is 5.41 Å². The Balaban J connectivity index is 1.50. The third-order valence-corrected chi connectivity index (χ3v) is 10.3. The fourth-order valence-corrected chi connectivity index (χ4v) is 7.92. The molecule has 0 saturated heterocycles. The Bertz CT molecular complexity index is 1460. The van der Waals surface area contributed by atoms with Crippen LogP contribution >= 0.6 is 0 Å². The summed E-state index contributed by atoms with van der Waals surface area (Å²) in [4.78, 5) is 15.6. The highest BCUT2D eigenvalue weighted by Crippen LogP contribution is 2.62. The Labute approximate surface area is 219 Å². The lowest BCUT2D eigenvalue weighted by atomic mass is 9.66. The molecule has 0 atom stereocenters. The molecule has 2 fully saturated rings. The van der Waals surface area contributed by atoms with Gasteiger partial charge >= 0.3 is 0 Å². The number of benzene rings is 2. The monoisotopic (exact) mass is 545 g/mol. The van der Waals surface area contributed by atoms with Crippen LogP contribution < -0.4 is 14.3 Å². The number of nitrogens with one attached hydrogen (secondary N) is 2. The second-order valence-corrected chi connectivity index (χ2v) is 15.6. The molecule has 2 aromatic carbocycles. The Morgan fingerprint density at radius 3 is 2.16 bits per heavy atom. The number of fused-ring (bicyclic) bond motifs is 2. The quantitative estimate of drug-likeness (QED) is 0.579. The number of anilines is 2. The molecule has 0 unspecified atom stereocenters.